The molecule has 0 fully saturated rings. The van der Waals surface area contributed by atoms with Crippen LogP contribution in [0.5, 0.6) is 0 Å². The first kappa shape index (κ1) is 11.9. The van der Waals surface area contributed by atoms with Crippen molar-refractivity contribution in [2.24, 2.45) is 0 Å². The number of hydrogen-bond acceptors (Lipinski definition) is 1. The minimum Gasteiger partial charge on any atom is -0.289 e. The number of hydrogen-bond donors (Lipinski definition) is 0. The van der Waals surface area contributed by atoms with Gasteiger partial charge in [-0.3, -0.25) is 4.79 Å². The minimum atomic E-state index is 0.167. The second-order valence-corrected chi connectivity index (χ2v) is 4.93. The van der Waals surface area contributed by atoms with Crippen LogP contribution < -0.4 is 0 Å². The van der Waals surface area contributed by atoms with Gasteiger partial charge in [-0.05, 0) is 36.0 Å². The van der Waals surface area contributed by atoms with Crippen molar-refractivity contribution in [2.75, 3.05) is 0 Å². The normalized spacial score (nSPS) is 13.4. The van der Waals surface area contributed by atoms with E-state index < -0.39 is 0 Å². The Morgan fingerprint density at radius 2 is 1.74 bits per heavy atom. The molecule has 94 valence electrons. The molecule has 0 unspecified atom stereocenters. The number of carbonyl (C=O) groups is 1. The van der Waals surface area contributed by atoms with Gasteiger partial charge in [-0.15, -0.1) is 6.58 Å². The molecule has 1 nitrogen and oxygen atoms in total. The lowest BCUT2D eigenvalue weighted by atomic mass is 9.93. The van der Waals surface area contributed by atoms with E-state index in [1.54, 1.807) is 0 Å². The Labute approximate surface area is 113 Å². The molecule has 3 rings (SSSR count). The molecule has 0 spiro atoms. The third-order valence-corrected chi connectivity index (χ3v) is 3.75. The van der Waals surface area contributed by atoms with E-state index >= 15 is 0 Å². The molecule has 1 heteroatoms. The van der Waals surface area contributed by atoms with Gasteiger partial charge in [0.15, 0.2) is 5.78 Å². The van der Waals surface area contributed by atoms with E-state index in [0.717, 1.165) is 41.5 Å². The molecule has 0 heterocycles. The molecule has 0 aliphatic heterocycles. The third-order valence-electron chi connectivity index (χ3n) is 3.75. The second-order valence-electron chi connectivity index (χ2n) is 4.93. The second kappa shape index (κ2) is 4.85. The molecule has 2 aromatic rings. The zero-order valence-corrected chi connectivity index (χ0v) is 10.9. The summed E-state index contributed by atoms with van der Waals surface area (Å²) in [7, 11) is 0. The standard InChI is InChI=1S/C18H16O/c1-2-6-14-8-5-9-15-12-11-13-7-3-4-10-16(13)18(19)17(14)15/h2-5,7-10H,1,6,11-12H2. The number of carbonyl (C=O) groups excluding carboxylic acids is 1. The highest BCUT2D eigenvalue weighted by atomic mass is 16.1. The molecule has 0 bridgehead atoms. The maximum absolute atomic E-state index is 12.8. The maximum Gasteiger partial charge on any atom is 0.193 e. The first-order chi connectivity index (χ1) is 9.31. The van der Waals surface area contributed by atoms with Crippen LogP contribution in [0.1, 0.15) is 32.6 Å². The predicted octanol–water partition coefficient (Wildman–Crippen LogP) is 3.74. The van der Waals surface area contributed by atoms with E-state index in [1.165, 1.54) is 5.56 Å². The van der Waals surface area contributed by atoms with Crippen molar-refractivity contribution in [3.05, 3.63) is 82.9 Å². The van der Waals surface area contributed by atoms with Gasteiger partial charge in [0.1, 0.15) is 0 Å². The molecule has 0 saturated carbocycles. The number of ketones is 1. The van der Waals surface area contributed by atoms with Crippen molar-refractivity contribution >= 4 is 5.78 Å². The predicted molar refractivity (Wildman–Crippen MR) is 77.6 cm³/mol. The van der Waals surface area contributed by atoms with Gasteiger partial charge in [-0.1, -0.05) is 48.5 Å². The molecule has 1 aliphatic carbocycles. The number of rotatable bonds is 2. The van der Waals surface area contributed by atoms with E-state index in [4.69, 9.17) is 0 Å². The molecule has 0 atom stereocenters. The van der Waals surface area contributed by atoms with Crippen molar-refractivity contribution in [1.82, 2.24) is 0 Å². The summed E-state index contributed by atoms with van der Waals surface area (Å²) >= 11 is 0. The lowest BCUT2D eigenvalue weighted by Crippen LogP contribution is -2.07. The summed E-state index contributed by atoms with van der Waals surface area (Å²) in [6.45, 7) is 3.79. The van der Waals surface area contributed by atoms with Gasteiger partial charge in [0, 0.05) is 11.1 Å². The minimum absolute atomic E-state index is 0.167. The quantitative estimate of drug-likeness (QED) is 0.740. The van der Waals surface area contributed by atoms with E-state index in [0.29, 0.717) is 0 Å². The summed E-state index contributed by atoms with van der Waals surface area (Å²) in [5.74, 6) is 0.167. The zero-order valence-electron chi connectivity index (χ0n) is 10.9. The van der Waals surface area contributed by atoms with Crippen LogP contribution in [0.15, 0.2) is 55.1 Å². The lowest BCUT2D eigenvalue weighted by molar-refractivity contribution is 0.103. The molecule has 0 N–H and O–H groups in total. The summed E-state index contributed by atoms with van der Waals surface area (Å²) in [6.07, 6.45) is 4.48. The molecule has 0 aromatic heterocycles. The SMILES string of the molecule is C=CCc1cccc2c1C(=O)c1ccccc1CC2. The highest BCUT2D eigenvalue weighted by molar-refractivity contribution is 6.12. The van der Waals surface area contributed by atoms with Crippen molar-refractivity contribution < 1.29 is 4.79 Å². The van der Waals surface area contributed by atoms with Crippen molar-refractivity contribution in [2.45, 2.75) is 19.3 Å². The van der Waals surface area contributed by atoms with Gasteiger partial charge >= 0.3 is 0 Å². The topological polar surface area (TPSA) is 17.1 Å². The Kier molecular flexibility index (Phi) is 3.04. The van der Waals surface area contributed by atoms with Gasteiger partial charge in [0.25, 0.3) is 0 Å². The number of aryl methyl sites for hydroxylation is 2. The fraction of sp³-hybridized carbons (Fsp3) is 0.167. The monoisotopic (exact) mass is 248 g/mol. The van der Waals surface area contributed by atoms with Crippen LogP contribution in [0.2, 0.25) is 0 Å². The average molecular weight is 248 g/mol. The van der Waals surface area contributed by atoms with Gasteiger partial charge in [0.2, 0.25) is 0 Å². The summed E-state index contributed by atoms with van der Waals surface area (Å²) in [5.41, 5.74) is 5.17. The molecule has 19 heavy (non-hydrogen) atoms. The van der Waals surface area contributed by atoms with E-state index in [-0.39, 0.29) is 5.78 Å². The van der Waals surface area contributed by atoms with Gasteiger partial charge in [-0.25, -0.2) is 0 Å². The van der Waals surface area contributed by atoms with Gasteiger partial charge in [0.05, 0.1) is 0 Å². The molecule has 0 radical (unpaired) electrons. The number of benzene rings is 2. The number of allylic oxidation sites excluding steroid dienone is 1. The highest BCUT2D eigenvalue weighted by Crippen LogP contribution is 2.27. The molecule has 0 saturated heterocycles. The van der Waals surface area contributed by atoms with Crippen molar-refractivity contribution in [3.8, 4) is 0 Å². The van der Waals surface area contributed by atoms with Crippen LogP contribution in [-0.4, -0.2) is 5.78 Å². The zero-order chi connectivity index (χ0) is 13.2. The Hall–Kier alpha value is -2.15. The molecule has 2 aromatic carbocycles. The Bertz CT molecular complexity index is 652. The fourth-order valence-corrected chi connectivity index (χ4v) is 2.84. The summed E-state index contributed by atoms with van der Waals surface area (Å²) in [4.78, 5) is 12.8. The van der Waals surface area contributed by atoms with E-state index in [9.17, 15) is 4.79 Å². The van der Waals surface area contributed by atoms with Crippen LogP contribution in [0.3, 0.4) is 0 Å². The molecular weight excluding hydrogens is 232 g/mol. The molecule has 0 amide bonds. The molecule has 1 aliphatic rings. The van der Waals surface area contributed by atoms with E-state index in [1.807, 2.05) is 36.4 Å². The van der Waals surface area contributed by atoms with Gasteiger partial charge in [-0.2, -0.15) is 0 Å². The smallest absolute Gasteiger partial charge is 0.193 e. The number of fused-ring (bicyclic) bond motifs is 2. The fourth-order valence-electron chi connectivity index (χ4n) is 2.84. The summed E-state index contributed by atoms with van der Waals surface area (Å²) < 4.78 is 0. The maximum atomic E-state index is 12.8. The largest absolute Gasteiger partial charge is 0.289 e. The Morgan fingerprint density at radius 3 is 2.58 bits per heavy atom. The lowest BCUT2D eigenvalue weighted by Gasteiger charge is -2.10. The van der Waals surface area contributed by atoms with Crippen molar-refractivity contribution in [3.63, 3.8) is 0 Å². The summed E-state index contributed by atoms with van der Waals surface area (Å²) in [5, 5.41) is 0. The van der Waals surface area contributed by atoms with Gasteiger partial charge < -0.3 is 0 Å². The summed E-state index contributed by atoms with van der Waals surface area (Å²) in [6, 6.07) is 14.1. The van der Waals surface area contributed by atoms with E-state index in [2.05, 4.69) is 18.7 Å². The first-order valence-electron chi connectivity index (χ1n) is 6.65. The van der Waals surface area contributed by atoms with Crippen LogP contribution in [-0.2, 0) is 19.3 Å². The first-order valence-corrected chi connectivity index (χ1v) is 6.65. The van der Waals surface area contributed by atoms with Crippen LogP contribution in [0.25, 0.3) is 0 Å². The average Bonchev–Trinajstić information content (AvgIpc) is 2.58. The Balaban J connectivity index is 2.21. The van der Waals surface area contributed by atoms with Crippen molar-refractivity contribution in [1.29, 1.82) is 0 Å². The van der Waals surface area contributed by atoms with Crippen LogP contribution in [0.4, 0.5) is 0 Å². The van der Waals surface area contributed by atoms with Crippen LogP contribution in [0, 0.1) is 0 Å². The molecular formula is C18H16O. The highest BCUT2D eigenvalue weighted by Gasteiger charge is 2.22. The van der Waals surface area contributed by atoms with Crippen LogP contribution >= 0.6 is 0 Å². The third kappa shape index (κ3) is 2.01. The Morgan fingerprint density at radius 1 is 1.00 bits per heavy atom.